The lowest BCUT2D eigenvalue weighted by molar-refractivity contribution is 0.0713. The first kappa shape index (κ1) is 16.4. The first-order valence-corrected chi connectivity index (χ1v) is 9.49. The van der Waals surface area contributed by atoms with Crippen molar-refractivity contribution in [2.75, 3.05) is 26.2 Å². The highest BCUT2D eigenvalue weighted by Gasteiger charge is 2.20. The molecule has 0 amide bonds. The summed E-state index contributed by atoms with van der Waals surface area (Å²) >= 11 is 0. The smallest absolute Gasteiger partial charge is 0.0595 e. The highest BCUT2D eigenvalue weighted by Crippen LogP contribution is 2.10. The van der Waals surface area contributed by atoms with Crippen LogP contribution in [0, 0.1) is 0 Å². The Bertz CT molecular complexity index is 309. The Labute approximate surface area is 121 Å². The van der Waals surface area contributed by atoms with Crippen molar-refractivity contribution in [2.24, 2.45) is 0 Å². The van der Waals surface area contributed by atoms with Gasteiger partial charge in [0.25, 0.3) is 0 Å². The summed E-state index contributed by atoms with van der Waals surface area (Å²) in [5.74, 6) is 0. The summed E-state index contributed by atoms with van der Waals surface area (Å²) < 4.78 is 0. The lowest BCUT2D eigenvalue weighted by Crippen LogP contribution is -2.49. The molecule has 0 aliphatic heterocycles. The Hall–Kier alpha value is -0.643. The molecular weight excluding hydrogens is 248 g/mol. The summed E-state index contributed by atoms with van der Waals surface area (Å²) in [6, 6.07) is 12.4. The second-order valence-electron chi connectivity index (χ2n) is 4.95. The van der Waals surface area contributed by atoms with Gasteiger partial charge in [-0.05, 0) is 32.2 Å². The quantitative estimate of drug-likeness (QED) is 0.503. The normalized spacial score (nSPS) is 12.4. The Balaban J connectivity index is 2.68. The average molecular weight is 279 g/mol. The van der Waals surface area contributed by atoms with Crippen LogP contribution in [0.4, 0.5) is 0 Å². The van der Waals surface area contributed by atoms with Crippen molar-refractivity contribution in [2.45, 2.75) is 39.9 Å². The summed E-state index contributed by atoms with van der Waals surface area (Å²) in [4.78, 5) is 5.23. The van der Waals surface area contributed by atoms with Gasteiger partial charge >= 0.3 is 0 Å². The largest absolute Gasteiger partial charge is 0.289 e. The van der Waals surface area contributed by atoms with E-state index in [9.17, 15) is 0 Å². The highest BCUT2D eigenvalue weighted by molar-refractivity contribution is 6.53. The minimum atomic E-state index is -0.165. The molecule has 0 unspecified atom stereocenters. The minimum Gasteiger partial charge on any atom is -0.289 e. The van der Waals surface area contributed by atoms with E-state index in [4.69, 9.17) is 0 Å². The topological polar surface area (TPSA) is 6.48 Å². The van der Waals surface area contributed by atoms with E-state index in [1.807, 2.05) is 0 Å². The van der Waals surface area contributed by atoms with Crippen LogP contribution in [0.15, 0.2) is 30.3 Å². The van der Waals surface area contributed by atoms with Gasteiger partial charge in [-0.25, -0.2) is 0 Å². The molecule has 0 fully saturated rings. The van der Waals surface area contributed by atoms with E-state index in [0.717, 1.165) is 26.2 Å². The Kier molecular flexibility index (Phi) is 8.02. The fraction of sp³-hybridized carbons (Fsp3) is 0.625. The van der Waals surface area contributed by atoms with Crippen molar-refractivity contribution in [3.8, 4) is 0 Å². The molecule has 0 spiro atoms. The molecular formula is C16H30N2Si. The van der Waals surface area contributed by atoms with E-state index in [2.05, 4.69) is 67.8 Å². The summed E-state index contributed by atoms with van der Waals surface area (Å²) in [6.45, 7) is 13.7. The summed E-state index contributed by atoms with van der Waals surface area (Å²) in [5.41, 5.74) is 0. The molecule has 0 saturated carbocycles. The van der Waals surface area contributed by atoms with Crippen molar-refractivity contribution in [1.82, 2.24) is 9.80 Å². The third kappa shape index (κ3) is 5.09. The van der Waals surface area contributed by atoms with Crippen molar-refractivity contribution in [3.63, 3.8) is 0 Å². The molecule has 0 radical (unpaired) electrons. The summed E-state index contributed by atoms with van der Waals surface area (Å²) in [5, 5.41) is 1.59. The van der Waals surface area contributed by atoms with Crippen LogP contribution in [0.5, 0.6) is 0 Å². The summed E-state index contributed by atoms with van der Waals surface area (Å²) in [7, 11) is -0.165. The van der Waals surface area contributed by atoms with Crippen molar-refractivity contribution >= 4 is 14.7 Å². The zero-order valence-electron chi connectivity index (χ0n) is 13.1. The van der Waals surface area contributed by atoms with Crippen LogP contribution in [0.1, 0.15) is 27.7 Å². The predicted molar refractivity (Wildman–Crippen MR) is 89.1 cm³/mol. The standard InChI is InChI=1S/C16H30N2Si/c1-5-17(6-2)16(18(7-3)8-4)14-19-15-12-10-9-11-13-15/h9-13,16H,5-8,14,19H2,1-4H3. The number of rotatable bonds is 9. The molecule has 19 heavy (non-hydrogen) atoms. The predicted octanol–water partition coefficient (Wildman–Crippen LogP) is 1.91. The molecule has 0 aromatic heterocycles. The van der Waals surface area contributed by atoms with E-state index < -0.39 is 0 Å². The molecule has 0 atom stereocenters. The van der Waals surface area contributed by atoms with Gasteiger partial charge in [0.05, 0.1) is 15.7 Å². The van der Waals surface area contributed by atoms with Gasteiger partial charge in [-0.2, -0.15) is 0 Å². The van der Waals surface area contributed by atoms with Gasteiger partial charge in [-0.3, -0.25) is 9.80 Å². The van der Waals surface area contributed by atoms with E-state index in [0.29, 0.717) is 6.17 Å². The van der Waals surface area contributed by atoms with Gasteiger partial charge < -0.3 is 0 Å². The average Bonchev–Trinajstić information content (AvgIpc) is 2.47. The van der Waals surface area contributed by atoms with Crippen LogP contribution >= 0.6 is 0 Å². The van der Waals surface area contributed by atoms with Crippen molar-refractivity contribution < 1.29 is 0 Å². The third-order valence-electron chi connectivity index (χ3n) is 4.00. The Morgan fingerprint density at radius 1 is 0.842 bits per heavy atom. The molecule has 0 heterocycles. The Morgan fingerprint density at radius 3 is 1.74 bits per heavy atom. The second kappa shape index (κ2) is 9.29. The maximum Gasteiger partial charge on any atom is 0.0595 e. The number of benzene rings is 1. The molecule has 0 N–H and O–H groups in total. The number of nitrogens with zero attached hydrogens (tertiary/aromatic N) is 2. The monoisotopic (exact) mass is 278 g/mol. The summed E-state index contributed by atoms with van der Waals surface area (Å²) in [6.07, 6.45) is 0.636. The van der Waals surface area contributed by atoms with Gasteiger partial charge in [0.1, 0.15) is 0 Å². The molecule has 3 heteroatoms. The van der Waals surface area contributed by atoms with Crippen LogP contribution in [-0.4, -0.2) is 51.7 Å². The van der Waals surface area contributed by atoms with E-state index in [1.54, 1.807) is 5.19 Å². The van der Waals surface area contributed by atoms with Crippen molar-refractivity contribution in [1.29, 1.82) is 0 Å². The minimum absolute atomic E-state index is 0.165. The van der Waals surface area contributed by atoms with Crippen LogP contribution < -0.4 is 5.19 Å². The zero-order chi connectivity index (χ0) is 14.1. The maximum atomic E-state index is 2.61. The van der Waals surface area contributed by atoms with Gasteiger partial charge in [0, 0.05) is 0 Å². The van der Waals surface area contributed by atoms with E-state index in [1.165, 1.54) is 6.04 Å². The van der Waals surface area contributed by atoms with E-state index >= 15 is 0 Å². The van der Waals surface area contributed by atoms with Crippen LogP contribution in [0.2, 0.25) is 6.04 Å². The van der Waals surface area contributed by atoms with Crippen molar-refractivity contribution in [3.05, 3.63) is 30.3 Å². The fourth-order valence-corrected chi connectivity index (χ4v) is 4.75. The van der Waals surface area contributed by atoms with Gasteiger partial charge in [0.15, 0.2) is 0 Å². The van der Waals surface area contributed by atoms with Crippen LogP contribution in [0.3, 0.4) is 0 Å². The number of hydrogen-bond acceptors (Lipinski definition) is 2. The first-order chi connectivity index (χ1) is 9.26. The molecule has 1 aromatic carbocycles. The number of hydrogen-bond donors (Lipinski definition) is 0. The first-order valence-electron chi connectivity index (χ1n) is 7.78. The van der Waals surface area contributed by atoms with E-state index in [-0.39, 0.29) is 9.52 Å². The molecule has 2 nitrogen and oxygen atoms in total. The molecule has 0 saturated heterocycles. The lowest BCUT2D eigenvalue weighted by Gasteiger charge is -2.38. The Morgan fingerprint density at radius 2 is 1.32 bits per heavy atom. The maximum absolute atomic E-state index is 2.61. The molecule has 0 aliphatic carbocycles. The molecule has 1 rings (SSSR count). The second-order valence-corrected chi connectivity index (χ2v) is 6.84. The fourth-order valence-electron chi connectivity index (χ4n) is 2.83. The van der Waals surface area contributed by atoms with Crippen LogP contribution in [0.25, 0.3) is 0 Å². The molecule has 0 bridgehead atoms. The lowest BCUT2D eigenvalue weighted by atomic mass is 10.3. The SMILES string of the molecule is CCN(CC)C(C[SiH2]c1ccccc1)N(CC)CC. The third-order valence-corrected chi connectivity index (χ3v) is 5.86. The molecule has 108 valence electrons. The van der Waals surface area contributed by atoms with Gasteiger partial charge in [-0.1, -0.05) is 63.2 Å². The zero-order valence-corrected chi connectivity index (χ0v) is 14.5. The van der Waals surface area contributed by atoms with Gasteiger partial charge in [-0.15, -0.1) is 0 Å². The van der Waals surface area contributed by atoms with Crippen LogP contribution in [-0.2, 0) is 0 Å². The highest BCUT2D eigenvalue weighted by atomic mass is 28.2. The molecule has 1 aromatic rings. The van der Waals surface area contributed by atoms with Gasteiger partial charge in [0.2, 0.25) is 0 Å². The molecule has 0 aliphatic rings.